The Hall–Kier alpha value is -2.48. The third kappa shape index (κ3) is 7.74. The summed E-state index contributed by atoms with van der Waals surface area (Å²) in [4.78, 5) is 18.4. The molecule has 0 aromatic heterocycles. The van der Waals surface area contributed by atoms with Crippen LogP contribution in [0.3, 0.4) is 0 Å². The van der Waals surface area contributed by atoms with Crippen molar-refractivity contribution >= 4 is 17.6 Å². The monoisotopic (exact) mass is 419 g/mol. The van der Waals surface area contributed by atoms with Gasteiger partial charge in [0.15, 0.2) is 17.5 Å². The van der Waals surface area contributed by atoms with Gasteiger partial charge in [0.05, 0.1) is 13.7 Å². The van der Waals surface area contributed by atoms with Crippen LogP contribution in [0.4, 0.5) is 5.69 Å². The molecule has 1 fully saturated rings. The zero-order chi connectivity index (χ0) is 21.8. The van der Waals surface area contributed by atoms with Crippen molar-refractivity contribution in [2.45, 2.75) is 39.5 Å². The molecule has 0 spiro atoms. The van der Waals surface area contributed by atoms with Crippen LogP contribution in [-0.2, 0) is 4.79 Å². The number of guanidine groups is 1. The molecular formula is C22H37N5O3. The predicted molar refractivity (Wildman–Crippen MR) is 121 cm³/mol. The smallest absolute Gasteiger partial charge is 0.220 e. The predicted octanol–water partition coefficient (Wildman–Crippen LogP) is 2.45. The Morgan fingerprint density at radius 2 is 2.00 bits per heavy atom. The molecule has 1 aliphatic rings. The summed E-state index contributed by atoms with van der Waals surface area (Å²) in [6.07, 6.45) is 3.86. The van der Waals surface area contributed by atoms with Gasteiger partial charge >= 0.3 is 0 Å². The maximum absolute atomic E-state index is 11.3. The van der Waals surface area contributed by atoms with Crippen LogP contribution in [0, 0.1) is 5.92 Å². The lowest BCUT2D eigenvalue weighted by Crippen LogP contribution is -2.38. The van der Waals surface area contributed by atoms with Crippen LogP contribution >= 0.6 is 0 Å². The molecule has 0 bridgehead atoms. The molecule has 0 saturated carbocycles. The number of primary amides is 1. The summed E-state index contributed by atoms with van der Waals surface area (Å²) in [5, 5.41) is 6.61. The van der Waals surface area contributed by atoms with E-state index >= 15 is 0 Å². The Kier molecular flexibility index (Phi) is 10.3. The number of benzene rings is 1. The molecule has 168 valence electrons. The first-order valence-corrected chi connectivity index (χ1v) is 10.9. The molecule has 1 saturated heterocycles. The molecule has 8 heteroatoms. The molecule has 1 amide bonds. The Bertz CT molecular complexity index is 687. The molecular weight excluding hydrogens is 382 g/mol. The van der Waals surface area contributed by atoms with E-state index in [1.54, 1.807) is 7.11 Å². The average Bonchev–Trinajstić information content (AvgIpc) is 2.75. The lowest BCUT2D eigenvalue weighted by Gasteiger charge is -2.30. The van der Waals surface area contributed by atoms with Crippen LogP contribution in [-0.4, -0.2) is 63.2 Å². The average molecular weight is 420 g/mol. The number of rotatable bonds is 11. The van der Waals surface area contributed by atoms with E-state index in [-0.39, 0.29) is 11.8 Å². The second-order valence-corrected chi connectivity index (χ2v) is 7.41. The Balaban J connectivity index is 1.78. The van der Waals surface area contributed by atoms with Crippen LogP contribution in [0.5, 0.6) is 11.5 Å². The number of ether oxygens (including phenoxy) is 2. The van der Waals surface area contributed by atoms with Crippen LogP contribution in [0.15, 0.2) is 23.2 Å². The second-order valence-electron chi connectivity index (χ2n) is 7.41. The number of likely N-dealkylation sites (tertiary alicyclic amines) is 1. The number of unbranched alkanes of at least 4 members (excludes halogenated alkanes) is 1. The molecule has 0 radical (unpaired) electrons. The molecule has 0 atom stereocenters. The van der Waals surface area contributed by atoms with Crippen molar-refractivity contribution in [3.8, 4) is 11.5 Å². The van der Waals surface area contributed by atoms with Crippen LogP contribution in [0.1, 0.15) is 39.5 Å². The van der Waals surface area contributed by atoms with Gasteiger partial charge < -0.3 is 30.7 Å². The highest BCUT2D eigenvalue weighted by molar-refractivity contribution is 5.93. The van der Waals surface area contributed by atoms with Gasteiger partial charge in [-0.1, -0.05) is 0 Å². The first-order valence-electron chi connectivity index (χ1n) is 10.9. The van der Waals surface area contributed by atoms with Gasteiger partial charge in [-0.15, -0.1) is 0 Å². The van der Waals surface area contributed by atoms with Gasteiger partial charge in [0.1, 0.15) is 0 Å². The third-order valence-electron chi connectivity index (χ3n) is 5.21. The number of nitrogens with one attached hydrogen (secondary N) is 2. The van der Waals surface area contributed by atoms with Crippen LogP contribution < -0.4 is 25.8 Å². The highest BCUT2D eigenvalue weighted by atomic mass is 16.5. The Morgan fingerprint density at radius 1 is 1.23 bits per heavy atom. The fraction of sp³-hybridized carbons (Fsp3) is 0.636. The minimum atomic E-state index is -0.155. The summed E-state index contributed by atoms with van der Waals surface area (Å²) >= 11 is 0. The van der Waals surface area contributed by atoms with Gasteiger partial charge in [-0.25, -0.2) is 0 Å². The lowest BCUT2D eigenvalue weighted by atomic mass is 9.96. The molecule has 1 aliphatic heterocycles. The van der Waals surface area contributed by atoms with Gasteiger partial charge in [-0.3, -0.25) is 9.79 Å². The number of hydrogen-bond acceptors (Lipinski definition) is 5. The Morgan fingerprint density at radius 3 is 2.63 bits per heavy atom. The molecule has 1 aromatic carbocycles. The highest BCUT2D eigenvalue weighted by Crippen LogP contribution is 2.30. The number of nitrogens with zero attached hydrogens (tertiary/aromatic N) is 2. The summed E-state index contributed by atoms with van der Waals surface area (Å²) in [6, 6.07) is 5.76. The van der Waals surface area contributed by atoms with E-state index in [0.717, 1.165) is 75.8 Å². The molecule has 1 aromatic rings. The van der Waals surface area contributed by atoms with E-state index < -0.39 is 0 Å². The molecule has 4 N–H and O–H groups in total. The van der Waals surface area contributed by atoms with E-state index in [0.29, 0.717) is 12.4 Å². The summed E-state index contributed by atoms with van der Waals surface area (Å²) in [6.45, 7) is 9.09. The van der Waals surface area contributed by atoms with E-state index in [4.69, 9.17) is 15.2 Å². The molecule has 2 rings (SSSR count). The molecule has 30 heavy (non-hydrogen) atoms. The van der Waals surface area contributed by atoms with Crippen molar-refractivity contribution in [3.63, 3.8) is 0 Å². The summed E-state index contributed by atoms with van der Waals surface area (Å²) < 4.78 is 11.0. The SMILES string of the molecule is CCNC(=NCCCCN1CCC(C(N)=O)CC1)Nc1ccc(OCC)c(OC)c1. The van der Waals surface area contributed by atoms with E-state index in [1.807, 2.05) is 32.0 Å². The fourth-order valence-electron chi connectivity index (χ4n) is 3.54. The number of anilines is 1. The van der Waals surface area contributed by atoms with E-state index in [1.165, 1.54) is 0 Å². The maximum atomic E-state index is 11.3. The van der Waals surface area contributed by atoms with Crippen molar-refractivity contribution in [3.05, 3.63) is 18.2 Å². The van der Waals surface area contributed by atoms with Gasteiger partial charge in [0.2, 0.25) is 5.91 Å². The summed E-state index contributed by atoms with van der Waals surface area (Å²) in [5.41, 5.74) is 6.30. The van der Waals surface area contributed by atoms with E-state index in [2.05, 4.69) is 20.5 Å². The summed E-state index contributed by atoms with van der Waals surface area (Å²) in [5.74, 6) is 2.08. The normalized spacial score (nSPS) is 15.6. The van der Waals surface area contributed by atoms with Crippen molar-refractivity contribution in [2.24, 2.45) is 16.6 Å². The number of nitrogens with two attached hydrogens (primary N) is 1. The summed E-state index contributed by atoms with van der Waals surface area (Å²) in [7, 11) is 1.64. The zero-order valence-corrected chi connectivity index (χ0v) is 18.6. The first kappa shape index (κ1) is 23.8. The molecule has 0 unspecified atom stereocenters. The van der Waals surface area contributed by atoms with Gasteiger partial charge in [-0.05, 0) is 71.3 Å². The van der Waals surface area contributed by atoms with Crippen molar-refractivity contribution in [1.82, 2.24) is 10.2 Å². The maximum Gasteiger partial charge on any atom is 0.220 e. The van der Waals surface area contributed by atoms with Crippen LogP contribution in [0.25, 0.3) is 0 Å². The molecule has 1 heterocycles. The zero-order valence-electron chi connectivity index (χ0n) is 18.6. The quantitative estimate of drug-likeness (QED) is 0.289. The largest absolute Gasteiger partial charge is 0.493 e. The fourth-order valence-corrected chi connectivity index (χ4v) is 3.54. The number of carbonyl (C=O) groups excluding carboxylic acids is 1. The topological polar surface area (TPSA) is 101 Å². The van der Waals surface area contributed by atoms with Gasteiger partial charge in [0, 0.05) is 30.8 Å². The van der Waals surface area contributed by atoms with Crippen molar-refractivity contribution < 1.29 is 14.3 Å². The van der Waals surface area contributed by atoms with Crippen molar-refractivity contribution in [2.75, 3.05) is 51.8 Å². The standard InChI is InChI=1S/C22H37N5O3/c1-4-24-22(26-18-8-9-19(30-5-2)20(16-18)29-3)25-12-6-7-13-27-14-10-17(11-15-27)21(23)28/h8-9,16-17H,4-7,10-15H2,1-3H3,(H2,23,28)(H2,24,25,26). The third-order valence-corrected chi connectivity index (χ3v) is 5.21. The number of piperidine rings is 1. The van der Waals surface area contributed by atoms with Crippen LogP contribution in [0.2, 0.25) is 0 Å². The number of amides is 1. The minimum Gasteiger partial charge on any atom is -0.493 e. The minimum absolute atomic E-state index is 0.0563. The van der Waals surface area contributed by atoms with E-state index in [9.17, 15) is 4.79 Å². The highest BCUT2D eigenvalue weighted by Gasteiger charge is 2.22. The molecule has 8 nitrogen and oxygen atoms in total. The van der Waals surface area contributed by atoms with Crippen molar-refractivity contribution in [1.29, 1.82) is 0 Å². The molecule has 0 aliphatic carbocycles. The number of carbonyl (C=O) groups is 1. The first-order chi connectivity index (χ1) is 14.6. The number of hydrogen-bond donors (Lipinski definition) is 3. The second kappa shape index (κ2) is 13.0. The van der Waals surface area contributed by atoms with Gasteiger partial charge in [0.25, 0.3) is 0 Å². The number of methoxy groups -OCH3 is 1. The Labute approximate surface area is 180 Å². The lowest BCUT2D eigenvalue weighted by molar-refractivity contribution is -0.123. The van der Waals surface area contributed by atoms with Gasteiger partial charge in [-0.2, -0.15) is 0 Å². The number of aliphatic imine (C=N–C) groups is 1.